The van der Waals surface area contributed by atoms with Crippen molar-refractivity contribution in [2.75, 3.05) is 46.9 Å². The highest BCUT2D eigenvalue weighted by Crippen LogP contribution is 2.20. The van der Waals surface area contributed by atoms with Crippen LogP contribution in [0.25, 0.3) is 0 Å². The van der Waals surface area contributed by atoms with E-state index in [2.05, 4.69) is 10.2 Å². The summed E-state index contributed by atoms with van der Waals surface area (Å²) in [6, 6.07) is 7.60. The molecule has 112 valence electrons. The zero-order valence-electron chi connectivity index (χ0n) is 12.2. The average molecular weight is 280 g/mol. The van der Waals surface area contributed by atoms with Crippen molar-refractivity contribution in [2.24, 2.45) is 0 Å². The molecule has 1 fully saturated rings. The Morgan fingerprint density at radius 1 is 1.55 bits per heavy atom. The van der Waals surface area contributed by atoms with Crippen LogP contribution in [-0.2, 0) is 4.74 Å². The van der Waals surface area contributed by atoms with Crippen LogP contribution in [0.1, 0.15) is 11.7 Å². The molecule has 20 heavy (non-hydrogen) atoms. The average Bonchev–Trinajstić information content (AvgIpc) is 2.48. The minimum Gasteiger partial charge on any atom is -0.497 e. The zero-order valence-corrected chi connectivity index (χ0v) is 12.2. The van der Waals surface area contributed by atoms with Gasteiger partial charge in [-0.15, -0.1) is 0 Å². The second kappa shape index (κ2) is 7.59. The Labute approximate surface area is 120 Å². The van der Waals surface area contributed by atoms with Gasteiger partial charge < -0.3 is 19.9 Å². The lowest BCUT2D eigenvalue weighted by atomic mass is 10.1. The summed E-state index contributed by atoms with van der Waals surface area (Å²) < 4.78 is 10.9. The van der Waals surface area contributed by atoms with E-state index in [1.54, 1.807) is 7.11 Å². The molecule has 1 aliphatic heterocycles. The molecule has 5 heteroatoms. The number of methoxy groups -OCH3 is 1. The molecule has 0 spiro atoms. The summed E-state index contributed by atoms with van der Waals surface area (Å²) in [6.07, 6.45) is -0.301. The molecule has 2 unspecified atom stereocenters. The fourth-order valence-corrected chi connectivity index (χ4v) is 2.50. The lowest BCUT2D eigenvalue weighted by molar-refractivity contribution is -0.0388. The number of β-amino-alcohol motifs (C(OH)–C–C–N with tert-alkyl or cyclic N) is 1. The molecule has 2 rings (SSSR count). The van der Waals surface area contributed by atoms with Gasteiger partial charge in [-0.25, -0.2) is 0 Å². The van der Waals surface area contributed by atoms with Gasteiger partial charge >= 0.3 is 0 Å². The maximum Gasteiger partial charge on any atom is 0.119 e. The Balaban J connectivity index is 1.91. The van der Waals surface area contributed by atoms with Crippen LogP contribution in [0.5, 0.6) is 5.75 Å². The summed E-state index contributed by atoms with van der Waals surface area (Å²) in [5, 5.41) is 13.5. The van der Waals surface area contributed by atoms with Crippen molar-refractivity contribution in [3.63, 3.8) is 0 Å². The van der Waals surface area contributed by atoms with Gasteiger partial charge in [-0.2, -0.15) is 0 Å². The van der Waals surface area contributed by atoms with Crippen LogP contribution in [0.4, 0.5) is 0 Å². The normalized spacial score (nSPS) is 21.6. The molecular formula is C15H24N2O3. The molecule has 0 radical (unpaired) electrons. The van der Waals surface area contributed by atoms with Crippen molar-refractivity contribution < 1.29 is 14.6 Å². The van der Waals surface area contributed by atoms with Gasteiger partial charge in [-0.3, -0.25) is 4.90 Å². The van der Waals surface area contributed by atoms with Crippen molar-refractivity contribution in [1.29, 1.82) is 0 Å². The molecule has 0 amide bonds. The second-order valence-corrected chi connectivity index (χ2v) is 5.10. The summed E-state index contributed by atoms with van der Waals surface area (Å²) in [4.78, 5) is 2.25. The van der Waals surface area contributed by atoms with E-state index in [0.29, 0.717) is 6.54 Å². The van der Waals surface area contributed by atoms with E-state index in [1.165, 1.54) is 0 Å². The van der Waals surface area contributed by atoms with Crippen LogP contribution in [0.3, 0.4) is 0 Å². The first-order chi connectivity index (χ1) is 9.72. The van der Waals surface area contributed by atoms with Gasteiger partial charge in [0.2, 0.25) is 0 Å². The number of aliphatic hydroxyl groups excluding tert-OH is 1. The molecule has 1 heterocycles. The van der Waals surface area contributed by atoms with Crippen molar-refractivity contribution in [3.05, 3.63) is 29.8 Å². The van der Waals surface area contributed by atoms with E-state index in [-0.39, 0.29) is 6.10 Å². The molecule has 1 aromatic rings. The van der Waals surface area contributed by atoms with Gasteiger partial charge in [0.25, 0.3) is 0 Å². The van der Waals surface area contributed by atoms with E-state index >= 15 is 0 Å². The summed E-state index contributed by atoms with van der Waals surface area (Å²) in [5.41, 5.74) is 0.890. The number of ether oxygens (including phenoxy) is 2. The highest BCUT2D eigenvalue weighted by atomic mass is 16.5. The van der Waals surface area contributed by atoms with Crippen LogP contribution in [-0.4, -0.2) is 63.1 Å². The topological polar surface area (TPSA) is 54.0 Å². The molecule has 0 aromatic heterocycles. The molecule has 1 aromatic carbocycles. The monoisotopic (exact) mass is 280 g/mol. The Kier molecular flexibility index (Phi) is 5.79. The zero-order chi connectivity index (χ0) is 14.4. The van der Waals surface area contributed by atoms with Gasteiger partial charge in [-0.05, 0) is 24.7 Å². The number of nitrogens with zero attached hydrogens (tertiary/aromatic N) is 1. The van der Waals surface area contributed by atoms with Crippen molar-refractivity contribution in [1.82, 2.24) is 10.2 Å². The summed E-state index contributed by atoms with van der Waals surface area (Å²) in [5.74, 6) is 0.775. The van der Waals surface area contributed by atoms with Gasteiger partial charge in [0.05, 0.1) is 25.9 Å². The first kappa shape index (κ1) is 15.3. The standard InChI is InChI=1S/C15H24N2O3/c1-16-9-14-10-17(6-7-20-14)11-15(18)12-4-3-5-13(8-12)19-2/h3-5,8,14-16,18H,6-7,9-11H2,1-2H3. The fourth-order valence-electron chi connectivity index (χ4n) is 2.50. The number of nitrogens with one attached hydrogen (secondary N) is 1. The summed E-state index contributed by atoms with van der Waals surface area (Å²) in [6.45, 7) is 3.89. The number of benzene rings is 1. The Morgan fingerprint density at radius 3 is 3.15 bits per heavy atom. The molecule has 0 saturated carbocycles. The molecule has 0 aliphatic carbocycles. The minimum atomic E-state index is -0.501. The summed E-state index contributed by atoms with van der Waals surface area (Å²) in [7, 11) is 3.56. The third-order valence-electron chi connectivity index (χ3n) is 3.56. The second-order valence-electron chi connectivity index (χ2n) is 5.10. The lowest BCUT2D eigenvalue weighted by Crippen LogP contribution is -2.47. The van der Waals surface area contributed by atoms with E-state index in [9.17, 15) is 5.11 Å². The van der Waals surface area contributed by atoms with Gasteiger partial charge in [0.15, 0.2) is 0 Å². The summed E-state index contributed by atoms with van der Waals surface area (Å²) >= 11 is 0. The molecule has 1 aliphatic rings. The first-order valence-electron chi connectivity index (χ1n) is 7.03. The van der Waals surface area contributed by atoms with Crippen LogP contribution < -0.4 is 10.1 Å². The SMILES string of the molecule is CNCC1CN(CC(O)c2cccc(OC)c2)CCO1. The Morgan fingerprint density at radius 2 is 2.40 bits per heavy atom. The fraction of sp³-hybridized carbons (Fsp3) is 0.600. The third-order valence-corrected chi connectivity index (χ3v) is 3.56. The molecule has 1 saturated heterocycles. The number of aliphatic hydroxyl groups is 1. The predicted molar refractivity (Wildman–Crippen MR) is 78.1 cm³/mol. The Bertz CT molecular complexity index is 412. The largest absolute Gasteiger partial charge is 0.497 e. The molecule has 5 nitrogen and oxygen atoms in total. The first-order valence-corrected chi connectivity index (χ1v) is 7.03. The highest BCUT2D eigenvalue weighted by Gasteiger charge is 2.22. The molecule has 2 N–H and O–H groups in total. The van der Waals surface area contributed by atoms with Crippen LogP contribution in [0, 0.1) is 0 Å². The number of rotatable bonds is 6. The molecule has 0 bridgehead atoms. The predicted octanol–water partition coefficient (Wildman–Crippen LogP) is 0.649. The van der Waals surface area contributed by atoms with E-state index in [4.69, 9.17) is 9.47 Å². The number of likely N-dealkylation sites (N-methyl/N-ethyl adjacent to an activating group) is 1. The molecule has 2 atom stereocenters. The number of hydrogen-bond donors (Lipinski definition) is 2. The van der Waals surface area contributed by atoms with Crippen molar-refractivity contribution in [3.8, 4) is 5.75 Å². The van der Waals surface area contributed by atoms with Crippen LogP contribution >= 0.6 is 0 Å². The smallest absolute Gasteiger partial charge is 0.119 e. The van der Waals surface area contributed by atoms with Crippen molar-refractivity contribution >= 4 is 0 Å². The number of morpholine rings is 1. The third kappa shape index (κ3) is 4.18. The van der Waals surface area contributed by atoms with Gasteiger partial charge in [0, 0.05) is 26.2 Å². The van der Waals surface area contributed by atoms with Gasteiger partial charge in [0.1, 0.15) is 5.75 Å². The maximum absolute atomic E-state index is 10.4. The van der Waals surface area contributed by atoms with E-state index in [1.807, 2.05) is 31.3 Å². The quantitative estimate of drug-likeness (QED) is 0.801. The van der Waals surface area contributed by atoms with Gasteiger partial charge in [-0.1, -0.05) is 12.1 Å². The van der Waals surface area contributed by atoms with Crippen LogP contribution in [0.2, 0.25) is 0 Å². The van der Waals surface area contributed by atoms with E-state index < -0.39 is 6.10 Å². The minimum absolute atomic E-state index is 0.200. The number of hydrogen-bond acceptors (Lipinski definition) is 5. The highest BCUT2D eigenvalue weighted by molar-refractivity contribution is 5.29. The van der Waals surface area contributed by atoms with E-state index in [0.717, 1.165) is 37.6 Å². The lowest BCUT2D eigenvalue weighted by Gasteiger charge is -2.34. The molecular weight excluding hydrogens is 256 g/mol. The maximum atomic E-state index is 10.4. The van der Waals surface area contributed by atoms with Crippen molar-refractivity contribution in [2.45, 2.75) is 12.2 Å². The van der Waals surface area contributed by atoms with Crippen LogP contribution in [0.15, 0.2) is 24.3 Å². The Hall–Kier alpha value is -1.14.